The molecule has 2 aliphatic rings. The van der Waals surface area contributed by atoms with Gasteiger partial charge in [0, 0.05) is 38.3 Å². The number of rotatable bonds is 10. The van der Waals surface area contributed by atoms with Gasteiger partial charge in [-0.25, -0.2) is 4.79 Å². The number of benzene rings is 2. The average molecular weight is 540 g/mol. The van der Waals surface area contributed by atoms with Crippen molar-refractivity contribution in [2.45, 2.75) is 70.1 Å². The minimum Gasteiger partial charge on any atom is -0.497 e. The third-order valence-electron chi connectivity index (χ3n) is 7.03. The van der Waals surface area contributed by atoms with E-state index in [-0.39, 0.29) is 23.4 Å². The summed E-state index contributed by atoms with van der Waals surface area (Å²) >= 11 is 1.27. The molecule has 2 aromatic carbocycles. The summed E-state index contributed by atoms with van der Waals surface area (Å²) in [6.45, 7) is 4.16. The Hall–Kier alpha value is -2.81. The predicted molar refractivity (Wildman–Crippen MR) is 148 cm³/mol. The number of esters is 1. The van der Waals surface area contributed by atoms with Crippen molar-refractivity contribution >= 4 is 23.0 Å². The summed E-state index contributed by atoms with van der Waals surface area (Å²) in [7, 11) is 3.25. The number of aryl methyl sites for hydroxylation is 1. The van der Waals surface area contributed by atoms with Crippen LogP contribution in [0.5, 0.6) is 5.75 Å². The zero-order chi connectivity index (χ0) is 27.1. The number of hydrogen-bond acceptors (Lipinski definition) is 7. The fraction of sp³-hybridized carbons (Fsp3) is 0.467. The van der Waals surface area contributed by atoms with Crippen molar-refractivity contribution in [3.8, 4) is 5.75 Å². The molecule has 7 nitrogen and oxygen atoms in total. The minimum absolute atomic E-state index is 0.0182. The van der Waals surface area contributed by atoms with Gasteiger partial charge in [0.25, 0.3) is 5.24 Å². The molecule has 0 spiro atoms. The molecular formula is C30H37NO6S. The molecule has 0 N–H and O–H groups in total. The van der Waals surface area contributed by atoms with Gasteiger partial charge in [-0.15, -0.1) is 0 Å². The molecule has 2 aliphatic heterocycles. The second-order valence-corrected chi connectivity index (χ2v) is 11.0. The highest BCUT2D eigenvalue weighted by Crippen LogP contribution is 2.42. The number of allylic oxidation sites excluding steroid dienone is 1. The fourth-order valence-corrected chi connectivity index (χ4v) is 6.24. The number of nitrogens with zero attached hydrogens (tertiary/aromatic N) is 1. The summed E-state index contributed by atoms with van der Waals surface area (Å²) in [5.41, 5.74) is 3.08. The predicted octanol–water partition coefficient (Wildman–Crippen LogP) is 5.77. The molecule has 8 heteroatoms. The quantitative estimate of drug-likeness (QED) is 0.281. The highest BCUT2D eigenvalue weighted by atomic mass is 32.2. The normalized spacial score (nSPS) is 25.2. The van der Waals surface area contributed by atoms with Crippen molar-refractivity contribution in [2.75, 3.05) is 20.0 Å². The number of hydrogen-bond donors (Lipinski definition) is 0. The number of thioether (sulfide) groups is 1. The van der Waals surface area contributed by atoms with Crippen LogP contribution in [0.1, 0.15) is 44.2 Å². The first kappa shape index (κ1) is 28.2. The Balaban J connectivity index is 1.57. The summed E-state index contributed by atoms with van der Waals surface area (Å²) in [6.07, 6.45) is 3.42. The Morgan fingerprint density at radius 2 is 1.84 bits per heavy atom. The van der Waals surface area contributed by atoms with Crippen molar-refractivity contribution in [1.29, 1.82) is 0 Å². The van der Waals surface area contributed by atoms with Gasteiger partial charge in [0.05, 0.1) is 19.3 Å². The summed E-state index contributed by atoms with van der Waals surface area (Å²) in [4.78, 5) is 27.4. The van der Waals surface area contributed by atoms with Gasteiger partial charge in [0.15, 0.2) is 5.79 Å². The van der Waals surface area contributed by atoms with Crippen LogP contribution in [-0.2, 0) is 32.0 Å². The van der Waals surface area contributed by atoms with Crippen LogP contribution >= 0.6 is 11.8 Å². The highest BCUT2D eigenvalue weighted by molar-refractivity contribution is 8.13. The zero-order valence-electron chi connectivity index (χ0n) is 22.6. The maximum Gasteiger partial charge on any atom is 0.330 e. The van der Waals surface area contributed by atoms with E-state index in [1.54, 1.807) is 14.2 Å². The molecule has 2 heterocycles. The van der Waals surface area contributed by atoms with E-state index in [0.29, 0.717) is 25.1 Å². The lowest BCUT2D eigenvalue weighted by Crippen LogP contribution is -2.60. The summed E-state index contributed by atoms with van der Waals surface area (Å²) in [5, 5.41) is -0.0182. The molecular weight excluding hydrogens is 502 g/mol. The lowest BCUT2D eigenvalue weighted by Gasteiger charge is -2.48. The number of ether oxygens (including phenoxy) is 4. The maximum atomic E-state index is 13.0. The van der Waals surface area contributed by atoms with Gasteiger partial charge in [-0.1, -0.05) is 59.8 Å². The number of amides is 1. The molecule has 0 unspecified atom stereocenters. The second-order valence-electron chi connectivity index (χ2n) is 10.1. The van der Waals surface area contributed by atoms with Gasteiger partial charge in [-0.2, -0.15) is 0 Å². The van der Waals surface area contributed by atoms with Crippen LogP contribution in [0.4, 0.5) is 4.79 Å². The summed E-state index contributed by atoms with van der Waals surface area (Å²) < 4.78 is 24.0. The minimum atomic E-state index is -1.10. The molecule has 4 atom stereocenters. The van der Waals surface area contributed by atoms with E-state index >= 15 is 0 Å². The van der Waals surface area contributed by atoms with E-state index < -0.39 is 11.9 Å². The van der Waals surface area contributed by atoms with Crippen LogP contribution in [0.2, 0.25) is 0 Å². The third-order valence-corrected chi connectivity index (χ3v) is 8.00. The standard InChI is InChI=1S/C30H37NO6S/c1-21(2)16-28(32)36-26-17-25(15-10-22-8-6-5-7-9-22)37-30(18-26,35-4)27-20-38-29(33)31(27)19-23-11-13-24(34-3)14-12-23/h5-9,11-14,16,25-27H,10,15,17-20H2,1-4H3/t25-,26+,27-,30+/m0/s1. The van der Waals surface area contributed by atoms with Crippen molar-refractivity contribution < 1.29 is 28.5 Å². The molecule has 0 aromatic heterocycles. The highest BCUT2D eigenvalue weighted by Gasteiger charge is 2.54. The van der Waals surface area contributed by atoms with Gasteiger partial charge in [0.1, 0.15) is 11.9 Å². The molecule has 2 saturated heterocycles. The lowest BCUT2D eigenvalue weighted by molar-refractivity contribution is -0.305. The van der Waals surface area contributed by atoms with Crippen LogP contribution in [0.3, 0.4) is 0 Å². The SMILES string of the molecule is COc1ccc(CN2C(=O)SC[C@H]2[C@@]2(OC)C[C@H](OC(=O)C=C(C)C)C[C@H](CCc3ccccc3)O2)cc1. The van der Waals surface area contributed by atoms with Gasteiger partial charge < -0.3 is 23.8 Å². The molecule has 0 radical (unpaired) electrons. The van der Waals surface area contributed by atoms with Gasteiger partial charge in [-0.05, 0) is 49.9 Å². The largest absolute Gasteiger partial charge is 0.497 e. The Morgan fingerprint density at radius 1 is 1.11 bits per heavy atom. The van der Waals surface area contributed by atoms with E-state index in [0.717, 1.165) is 29.7 Å². The van der Waals surface area contributed by atoms with Crippen molar-refractivity contribution in [3.05, 3.63) is 77.4 Å². The van der Waals surface area contributed by atoms with E-state index in [2.05, 4.69) is 12.1 Å². The number of carbonyl (C=O) groups excluding carboxylic acids is 2. The fourth-order valence-electron chi connectivity index (χ4n) is 5.14. The van der Waals surface area contributed by atoms with E-state index in [4.69, 9.17) is 18.9 Å². The van der Waals surface area contributed by atoms with Crippen LogP contribution in [-0.4, -0.2) is 60.1 Å². The Labute approximate surface area is 229 Å². The maximum absolute atomic E-state index is 13.0. The molecule has 1 amide bonds. The average Bonchev–Trinajstić information content (AvgIpc) is 3.28. The van der Waals surface area contributed by atoms with E-state index in [1.165, 1.54) is 23.4 Å². The first-order valence-electron chi connectivity index (χ1n) is 13.0. The molecule has 204 valence electrons. The summed E-state index contributed by atoms with van der Waals surface area (Å²) in [5.74, 6) is -0.168. The van der Waals surface area contributed by atoms with Crippen LogP contribution in [0.25, 0.3) is 0 Å². The van der Waals surface area contributed by atoms with Crippen molar-refractivity contribution in [2.24, 2.45) is 0 Å². The van der Waals surface area contributed by atoms with E-state index in [1.807, 2.05) is 61.2 Å². The molecule has 38 heavy (non-hydrogen) atoms. The van der Waals surface area contributed by atoms with Gasteiger partial charge >= 0.3 is 5.97 Å². The Kier molecular flexibility index (Phi) is 9.52. The monoisotopic (exact) mass is 539 g/mol. The van der Waals surface area contributed by atoms with Gasteiger partial charge in [0.2, 0.25) is 0 Å². The third kappa shape index (κ3) is 6.98. The second kappa shape index (κ2) is 12.8. The number of methoxy groups -OCH3 is 2. The van der Waals surface area contributed by atoms with Crippen molar-refractivity contribution in [1.82, 2.24) is 4.90 Å². The lowest BCUT2D eigenvalue weighted by atomic mass is 9.90. The molecule has 0 saturated carbocycles. The Bertz CT molecular complexity index is 1120. The van der Waals surface area contributed by atoms with Crippen LogP contribution < -0.4 is 4.74 Å². The van der Waals surface area contributed by atoms with Crippen LogP contribution in [0.15, 0.2) is 66.2 Å². The molecule has 2 fully saturated rings. The summed E-state index contributed by atoms with van der Waals surface area (Å²) in [6, 6.07) is 17.6. The molecule has 2 aromatic rings. The molecule has 0 bridgehead atoms. The smallest absolute Gasteiger partial charge is 0.330 e. The zero-order valence-corrected chi connectivity index (χ0v) is 23.4. The van der Waals surface area contributed by atoms with Crippen molar-refractivity contribution in [3.63, 3.8) is 0 Å². The first-order chi connectivity index (χ1) is 18.3. The van der Waals surface area contributed by atoms with Gasteiger partial charge in [-0.3, -0.25) is 4.79 Å². The molecule has 0 aliphatic carbocycles. The molecule has 4 rings (SSSR count). The topological polar surface area (TPSA) is 74.3 Å². The first-order valence-corrected chi connectivity index (χ1v) is 14.0. The van der Waals surface area contributed by atoms with Crippen LogP contribution in [0, 0.1) is 0 Å². The van der Waals surface area contributed by atoms with E-state index in [9.17, 15) is 9.59 Å². The Morgan fingerprint density at radius 3 is 2.50 bits per heavy atom. The number of carbonyl (C=O) groups is 2.